The lowest BCUT2D eigenvalue weighted by molar-refractivity contribution is -0.114. The molecule has 0 aromatic carbocycles. The molecular formula is C10H14O. The van der Waals surface area contributed by atoms with E-state index in [0.29, 0.717) is 5.78 Å². The van der Waals surface area contributed by atoms with Crippen LogP contribution in [0.25, 0.3) is 0 Å². The standard InChI is InChI=1S/C10H14O/c1-2-3-4-5-9-6-7-10(11)8-9/h2,8H,1,3-7H2. The number of hydrogen-bond acceptors (Lipinski definition) is 1. The van der Waals surface area contributed by atoms with E-state index in [1.807, 2.05) is 12.2 Å². The van der Waals surface area contributed by atoms with E-state index in [9.17, 15) is 4.79 Å². The molecule has 11 heavy (non-hydrogen) atoms. The number of carbonyl (C=O) groups excluding carboxylic acids is 1. The highest BCUT2D eigenvalue weighted by atomic mass is 16.1. The molecule has 0 atom stereocenters. The molecule has 0 saturated heterocycles. The lowest BCUT2D eigenvalue weighted by Crippen LogP contribution is -1.80. The molecule has 0 radical (unpaired) electrons. The predicted octanol–water partition coefficient (Wildman–Crippen LogP) is 2.63. The second-order valence-corrected chi connectivity index (χ2v) is 2.95. The zero-order chi connectivity index (χ0) is 8.10. The van der Waals surface area contributed by atoms with Crippen molar-refractivity contribution >= 4 is 5.78 Å². The number of ketones is 1. The van der Waals surface area contributed by atoms with Gasteiger partial charge in [0.25, 0.3) is 0 Å². The van der Waals surface area contributed by atoms with Crippen molar-refractivity contribution < 1.29 is 4.79 Å². The molecule has 1 nitrogen and oxygen atoms in total. The van der Waals surface area contributed by atoms with Crippen molar-refractivity contribution in [1.82, 2.24) is 0 Å². The Labute approximate surface area is 67.8 Å². The summed E-state index contributed by atoms with van der Waals surface area (Å²) in [7, 11) is 0. The Kier molecular flexibility index (Phi) is 3.09. The molecule has 0 spiro atoms. The fourth-order valence-corrected chi connectivity index (χ4v) is 1.33. The maximum atomic E-state index is 10.8. The Morgan fingerprint density at radius 1 is 1.55 bits per heavy atom. The van der Waals surface area contributed by atoms with Gasteiger partial charge in [-0.15, -0.1) is 6.58 Å². The molecule has 0 saturated carbocycles. The topological polar surface area (TPSA) is 17.1 Å². The molecule has 0 bridgehead atoms. The van der Waals surface area contributed by atoms with Crippen LogP contribution in [0.4, 0.5) is 0 Å². The quantitative estimate of drug-likeness (QED) is 0.444. The third-order valence-electron chi connectivity index (χ3n) is 1.96. The molecule has 1 aliphatic carbocycles. The molecule has 1 aliphatic rings. The zero-order valence-electron chi connectivity index (χ0n) is 6.81. The molecule has 0 amide bonds. The molecule has 0 aromatic rings. The normalized spacial score (nSPS) is 16.7. The molecule has 0 heterocycles. The fraction of sp³-hybridized carbons (Fsp3) is 0.500. The van der Waals surface area contributed by atoms with Crippen LogP contribution in [0.2, 0.25) is 0 Å². The third-order valence-corrected chi connectivity index (χ3v) is 1.96. The zero-order valence-corrected chi connectivity index (χ0v) is 6.81. The molecule has 0 unspecified atom stereocenters. The summed E-state index contributed by atoms with van der Waals surface area (Å²) in [6.45, 7) is 3.65. The van der Waals surface area contributed by atoms with Gasteiger partial charge in [0, 0.05) is 6.42 Å². The summed E-state index contributed by atoms with van der Waals surface area (Å²) in [5.41, 5.74) is 1.33. The second kappa shape index (κ2) is 4.12. The largest absolute Gasteiger partial charge is 0.295 e. The summed E-state index contributed by atoms with van der Waals surface area (Å²) >= 11 is 0. The number of unbranched alkanes of at least 4 members (excludes halogenated alkanes) is 1. The Balaban J connectivity index is 2.21. The first-order valence-corrected chi connectivity index (χ1v) is 4.16. The van der Waals surface area contributed by atoms with E-state index >= 15 is 0 Å². The smallest absolute Gasteiger partial charge is 0.155 e. The minimum atomic E-state index is 0.304. The Hall–Kier alpha value is -0.850. The van der Waals surface area contributed by atoms with E-state index in [2.05, 4.69) is 6.58 Å². The average molecular weight is 150 g/mol. The van der Waals surface area contributed by atoms with Gasteiger partial charge in [0.1, 0.15) is 0 Å². The van der Waals surface area contributed by atoms with E-state index in [1.165, 1.54) is 5.57 Å². The summed E-state index contributed by atoms with van der Waals surface area (Å²) in [5, 5.41) is 0. The van der Waals surface area contributed by atoms with Gasteiger partial charge in [-0.3, -0.25) is 4.79 Å². The summed E-state index contributed by atoms with van der Waals surface area (Å²) < 4.78 is 0. The predicted molar refractivity (Wildman–Crippen MR) is 46.4 cm³/mol. The van der Waals surface area contributed by atoms with Crippen molar-refractivity contribution in [3.8, 4) is 0 Å². The van der Waals surface area contributed by atoms with Crippen LogP contribution >= 0.6 is 0 Å². The molecular weight excluding hydrogens is 136 g/mol. The first-order chi connectivity index (χ1) is 5.33. The van der Waals surface area contributed by atoms with Crippen LogP contribution in [0.3, 0.4) is 0 Å². The van der Waals surface area contributed by atoms with Crippen molar-refractivity contribution in [2.45, 2.75) is 32.1 Å². The molecule has 0 aliphatic heterocycles. The minimum absolute atomic E-state index is 0.304. The highest BCUT2D eigenvalue weighted by molar-refractivity contribution is 5.92. The molecule has 1 rings (SSSR count). The number of allylic oxidation sites excluding steroid dienone is 3. The van der Waals surface area contributed by atoms with Crippen LogP contribution in [0.1, 0.15) is 32.1 Å². The monoisotopic (exact) mass is 150 g/mol. The van der Waals surface area contributed by atoms with Gasteiger partial charge in [0.2, 0.25) is 0 Å². The van der Waals surface area contributed by atoms with Crippen molar-refractivity contribution in [3.63, 3.8) is 0 Å². The van der Waals surface area contributed by atoms with Gasteiger partial charge in [-0.25, -0.2) is 0 Å². The van der Waals surface area contributed by atoms with Gasteiger partial charge >= 0.3 is 0 Å². The van der Waals surface area contributed by atoms with Crippen LogP contribution in [0.15, 0.2) is 24.3 Å². The SMILES string of the molecule is C=CCCCC1=CC(=O)CC1. The molecule has 60 valence electrons. The van der Waals surface area contributed by atoms with E-state index in [-0.39, 0.29) is 0 Å². The Morgan fingerprint density at radius 3 is 2.91 bits per heavy atom. The third kappa shape index (κ3) is 2.71. The maximum Gasteiger partial charge on any atom is 0.155 e. The Bertz CT molecular complexity index is 189. The number of hydrogen-bond donors (Lipinski definition) is 0. The van der Waals surface area contributed by atoms with Gasteiger partial charge in [0.05, 0.1) is 0 Å². The fourth-order valence-electron chi connectivity index (χ4n) is 1.33. The van der Waals surface area contributed by atoms with Gasteiger partial charge in [-0.1, -0.05) is 11.6 Å². The molecule has 0 N–H and O–H groups in total. The van der Waals surface area contributed by atoms with Gasteiger partial charge in [-0.2, -0.15) is 0 Å². The number of rotatable bonds is 4. The average Bonchev–Trinajstić information content (AvgIpc) is 2.37. The van der Waals surface area contributed by atoms with E-state index in [4.69, 9.17) is 0 Å². The van der Waals surface area contributed by atoms with Crippen molar-refractivity contribution in [2.24, 2.45) is 0 Å². The number of carbonyl (C=O) groups is 1. The first-order valence-electron chi connectivity index (χ1n) is 4.16. The highest BCUT2D eigenvalue weighted by Crippen LogP contribution is 2.20. The lowest BCUT2D eigenvalue weighted by atomic mass is 10.1. The summed E-state index contributed by atoms with van der Waals surface area (Å²) in [6.07, 6.45) is 8.76. The minimum Gasteiger partial charge on any atom is -0.295 e. The van der Waals surface area contributed by atoms with Gasteiger partial charge < -0.3 is 0 Å². The van der Waals surface area contributed by atoms with E-state index < -0.39 is 0 Å². The van der Waals surface area contributed by atoms with E-state index in [0.717, 1.165) is 32.1 Å². The molecule has 0 fully saturated rings. The van der Waals surface area contributed by atoms with Gasteiger partial charge in [0.15, 0.2) is 5.78 Å². The first kappa shape index (κ1) is 8.25. The molecule has 1 heteroatoms. The summed E-state index contributed by atoms with van der Waals surface area (Å²) in [5.74, 6) is 0.304. The van der Waals surface area contributed by atoms with Crippen LogP contribution in [0, 0.1) is 0 Å². The molecule has 0 aromatic heterocycles. The van der Waals surface area contributed by atoms with Gasteiger partial charge in [-0.05, 0) is 31.8 Å². The second-order valence-electron chi connectivity index (χ2n) is 2.95. The van der Waals surface area contributed by atoms with Crippen LogP contribution in [-0.2, 0) is 4.79 Å². The Morgan fingerprint density at radius 2 is 2.36 bits per heavy atom. The maximum absolute atomic E-state index is 10.8. The van der Waals surface area contributed by atoms with Crippen LogP contribution < -0.4 is 0 Å². The van der Waals surface area contributed by atoms with E-state index in [1.54, 1.807) is 0 Å². The van der Waals surface area contributed by atoms with Crippen molar-refractivity contribution in [3.05, 3.63) is 24.3 Å². The highest BCUT2D eigenvalue weighted by Gasteiger charge is 2.10. The van der Waals surface area contributed by atoms with Crippen LogP contribution in [-0.4, -0.2) is 5.78 Å². The van der Waals surface area contributed by atoms with Crippen LogP contribution in [0.5, 0.6) is 0 Å². The lowest BCUT2D eigenvalue weighted by Gasteiger charge is -1.96. The summed E-state index contributed by atoms with van der Waals surface area (Å²) in [6, 6.07) is 0. The van der Waals surface area contributed by atoms with Crippen molar-refractivity contribution in [2.75, 3.05) is 0 Å². The summed E-state index contributed by atoms with van der Waals surface area (Å²) in [4.78, 5) is 10.8. The van der Waals surface area contributed by atoms with Crippen molar-refractivity contribution in [1.29, 1.82) is 0 Å².